The molecular formula is C25H25F5N6O. The number of carbonyl (C=O) groups is 1. The summed E-state index contributed by atoms with van der Waals surface area (Å²) < 4.78 is 72.6. The number of halogens is 5. The van der Waals surface area contributed by atoms with Gasteiger partial charge in [0, 0.05) is 36.0 Å². The van der Waals surface area contributed by atoms with Crippen molar-refractivity contribution in [3.8, 4) is 5.95 Å². The summed E-state index contributed by atoms with van der Waals surface area (Å²) in [6.45, 7) is 1.91. The molecule has 1 aromatic carbocycles. The molecule has 0 bridgehead atoms. The van der Waals surface area contributed by atoms with Crippen LogP contribution in [0.2, 0.25) is 0 Å². The average Bonchev–Trinajstić information content (AvgIpc) is 3.52. The number of rotatable bonds is 8. The molecule has 12 heteroatoms. The van der Waals surface area contributed by atoms with Gasteiger partial charge in [-0.05, 0) is 62.8 Å². The Bertz CT molecular complexity index is 1270. The van der Waals surface area contributed by atoms with E-state index in [-0.39, 0.29) is 37.1 Å². The number of hydrogen-bond donors (Lipinski definition) is 0. The maximum Gasteiger partial charge on any atom is 0.416 e. The summed E-state index contributed by atoms with van der Waals surface area (Å²) in [6, 6.07) is 2.93. The van der Waals surface area contributed by atoms with Crippen LogP contribution in [0.15, 0.2) is 43.0 Å². The Kier molecular flexibility index (Phi) is 6.45. The molecule has 1 amide bonds. The minimum atomic E-state index is -4.89. The van der Waals surface area contributed by atoms with Gasteiger partial charge in [0.2, 0.25) is 0 Å². The van der Waals surface area contributed by atoms with Crippen molar-refractivity contribution in [2.75, 3.05) is 6.54 Å². The summed E-state index contributed by atoms with van der Waals surface area (Å²) in [5, 5.41) is 4.35. The van der Waals surface area contributed by atoms with E-state index < -0.39 is 46.7 Å². The normalized spacial score (nSPS) is 17.4. The zero-order valence-corrected chi connectivity index (χ0v) is 20.0. The largest absolute Gasteiger partial charge is 0.416 e. The fourth-order valence-corrected chi connectivity index (χ4v) is 4.39. The maximum atomic E-state index is 15.1. The summed E-state index contributed by atoms with van der Waals surface area (Å²) in [5.41, 5.74) is -2.48. The summed E-state index contributed by atoms with van der Waals surface area (Å²) in [6.07, 6.45) is 2.35. The lowest BCUT2D eigenvalue weighted by Gasteiger charge is -2.34. The van der Waals surface area contributed by atoms with Gasteiger partial charge in [-0.2, -0.15) is 17.9 Å². The first-order valence-electron chi connectivity index (χ1n) is 12.1. The number of hydrogen-bond acceptors (Lipinski definition) is 5. The molecule has 1 unspecified atom stereocenters. The van der Waals surface area contributed by atoms with Crippen LogP contribution in [0.1, 0.15) is 72.4 Å². The second kappa shape index (κ2) is 9.46. The van der Waals surface area contributed by atoms with Gasteiger partial charge in [0.05, 0.1) is 11.6 Å². The number of alkyl halides is 5. The Balaban J connectivity index is 1.49. The van der Waals surface area contributed by atoms with Crippen LogP contribution in [0.3, 0.4) is 0 Å². The van der Waals surface area contributed by atoms with Crippen molar-refractivity contribution >= 4 is 5.91 Å². The van der Waals surface area contributed by atoms with Crippen molar-refractivity contribution in [2.24, 2.45) is 11.8 Å². The second-order valence-electron chi connectivity index (χ2n) is 9.72. The molecule has 2 aromatic heterocycles. The van der Waals surface area contributed by atoms with Crippen molar-refractivity contribution in [3.05, 3.63) is 65.5 Å². The predicted molar refractivity (Wildman–Crippen MR) is 122 cm³/mol. The number of aromatic nitrogens is 5. The smallest absolute Gasteiger partial charge is 0.328 e. The maximum absolute atomic E-state index is 15.1. The highest BCUT2D eigenvalue weighted by atomic mass is 19.4. The molecule has 37 heavy (non-hydrogen) atoms. The van der Waals surface area contributed by atoms with E-state index >= 15 is 8.78 Å². The van der Waals surface area contributed by atoms with Gasteiger partial charge in [0.25, 0.3) is 17.8 Å². The molecule has 2 aliphatic rings. The topological polar surface area (TPSA) is 76.8 Å². The van der Waals surface area contributed by atoms with Crippen molar-refractivity contribution < 1.29 is 26.7 Å². The first kappa shape index (κ1) is 25.2. The SMILES string of the molecule is CC(c1ncn(-c2ncccn2)n1)N(CC1CC1)C(=O)c1cc(C(F)(F)F)cc(C(F)(F)C2CCC2)c1. The zero-order chi connectivity index (χ0) is 26.4. The predicted octanol–water partition coefficient (Wildman–Crippen LogP) is 5.58. The summed E-state index contributed by atoms with van der Waals surface area (Å²) in [4.78, 5) is 27.4. The lowest BCUT2D eigenvalue weighted by Crippen LogP contribution is -2.37. The number of carbonyl (C=O) groups excluding carboxylic acids is 1. The standard InChI is InChI=1S/C25H25F5N6O/c1-15(21-33-14-36(34-21)23-31-8-3-9-32-23)35(13-16-6-7-16)22(37)17-10-19(12-20(11-17)25(28,29)30)24(26,27)18-4-2-5-18/h3,8-12,14-16,18H,2,4-7,13H2,1H3. The minimum absolute atomic E-state index is 0.174. The number of benzene rings is 1. The molecule has 0 aliphatic heterocycles. The number of amides is 1. The number of nitrogens with zero attached hydrogens (tertiary/aromatic N) is 6. The quantitative estimate of drug-likeness (QED) is 0.363. The van der Waals surface area contributed by atoms with Crippen LogP contribution in [0.25, 0.3) is 5.95 Å². The molecule has 0 saturated heterocycles. The molecule has 2 aliphatic carbocycles. The molecule has 2 saturated carbocycles. The van der Waals surface area contributed by atoms with Crippen molar-refractivity contribution in [2.45, 2.75) is 57.2 Å². The minimum Gasteiger partial charge on any atom is -0.328 e. The summed E-state index contributed by atoms with van der Waals surface area (Å²) in [7, 11) is 0. The highest BCUT2D eigenvalue weighted by molar-refractivity contribution is 5.95. The van der Waals surface area contributed by atoms with Gasteiger partial charge in [0.15, 0.2) is 5.82 Å². The lowest BCUT2D eigenvalue weighted by atomic mass is 9.77. The van der Waals surface area contributed by atoms with Crippen LogP contribution in [0.4, 0.5) is 22.0 Å². The zero-order valence-electron chi connectivity index (χ0n) is 20.0. The van der Waals surface area contributed by atoms with E-state index in [1.54, 1.807) is 13.0 Å². The van der Waals surface area contributed by atoms with E-state index in [0.29, 0.717) is 18.6 Å². The lowest BCUT2D eigenvalue weighted by molar-refractivity contribution is -0.138. The van der Waals surface area contributed by atoms with Gasteiger partial charge < -0.3 is 4.90 Å². The summed E-state index contributed by atoms with van der Waals surface area (Å²) >= 11 is 0. The Morgan fingerprint density at radius 2 is 1.70 bits per heavy atom. The van der Waals surface area contributed by atoms with Crippen LogP contribution >= 0.6 is 0 Å². The highest BCUT2D eigenvalue weighted by Gasteiger charge is 2.46. The molecule has 2 heterocycles. The van der Waals surface area contributed by atoms with Gasteiger partial charge in [-0.3, -0.25) is 4.79 Å². The third-order valence-corrected chi connectivity index (χ3v) is 7.03. The van der Waals surface area contributed by atoms with E-state index in [2.05, 4.69) is 20.1 Å². The van der Waals surface area contributed by atoms with Gasteiger partial charge in [-0.15, -0.1) is 5.10 Å². The Hall–Kier alpha value is -3.44. The Morgan fingerprint density at radius 1 is 1.03 bits per heavy atom. The van der Waals surface area contributed by atoms with Crippen LogP contribution < -0.4 is 0 Å². The first-order valence-corrected chi connectivity index (χ1v) is 12.1. The summed E-state index contributed by atoms with van der Waals surface area (Å²) in [5.74, 6) is -4.61. The van der Waals surface area contributed by atoms with Gasteiger partial charge in [-0.1, -0.05) is 6.42 Å². The molecule has 1 atom stereocenters. The van der Waals surface area contributed by atoms with Crippen molar-refractivity contribution in [1.82, 2.24) is 29.6 Å². The van der Waals surface area contributed by atoms with E-state index in [4.69, 9.17) is 0 Å². The van der Waals surface area contributed by atoms with E-state index in [1.807, 2.05) is 0 Å². The van der Waals surface area contributed by atoms with Crippen molar-refractivity contribution in [1.29, 1.82) is 0 Å². The molecule has 196 valence electrons. The third kappa shape index (κ3) is 5.19. The van der Waals surface area contributed by atoms with E-state index in [9.17, 15) is 18.0 Å². The van der Waals surface area contributed by atoms with E-state index in [0.717, 1.165) is 18.9 Å². The Morgan fingerprint density at radius 3 is 2.30 bits per heavy atom. The highest BCUT2D eigenvalue weighted by Crippen LogP contribution is 2.48. The van der Waals surface area contributed by atoms with Gasteiger partial charge in [-0.25, -0.2) is 23.7 Å². The molecule has 7 nitrogen and oxygen atoms in total. The molecule has 5 rings (SSSR count). The molecule has 0 radical (unpaired) electrons. The molecular weight excluding hydrogens is 495 g/mol. The average molecular weight is 521 g/mol. The first-order chi connectivity index (χ1) is 17.5. The van der Waals surface area contributed by atoms with Crippen LogP contribution in [-0.4, -0.2) is 42.1 Å². The van der Waals surface area contributed by atoms with Gasteiger partial charge in [0.1, 0.15) is 6.33 Å². The van der Waals surface area contributed by atoms with E-state index in [1.165, 1.54) is 28.3 Å². The molecule has 0 spiro atoms. The van der Waals surface area contributed by atoms with Crippen LogP contribution in [-0.2, 0) is 12.1 Å². The Labute approximate surface area is 209 Å². The fourth-order valence-electron chi connectivity index (χ4n) is 4.39. The third-order valence-electron chi connectivity index (χ3n) is 7.03. The van der Waals surface area contributed by atoms with Gasteiger partial charge >= 0.3 is 6.18 Å². The fraction of sp³-hybridized carbons (Fsp3) is 0.480. The second-order valence-corrected chi connectivity index (χ2v) is 9.72. The molecule has 0 N–H and O–H groups in total. The van der Waals surface area contributed by atoms with Crippen LogP contribution in [0.5, 0.6) is 0 Å². The van der Waals surface area contributed by atoms with Crippen LogP contribution in [0, 0.1) is 11.8 Å². The molecule has 2 fully saturated rings. The van der Waals surface area contributed by atoms with Crippen molar-refractivity contribution in [3.63, 3.8) is 0 Å². The molecule has 3 aromatic rings. The monoisotopic (exact) mass is 520 g/mol.